The number of nitrogens with zero attached hydrogens (tertiary/aromatic N) is 5. The van der Waals surface area contributed by atoms with Crippen LogP contribution in [0.1, 0.15) is 0 Å². The van der Waals surface area contributed by atoms with E-state index in [1.54, 1.807) is 0 Å². The van der Waals surface area contributed by atoms with Gasteiger partial charge in [0, 0.05) is 49.6 Å². The number of benzene rings is 11. The number of hydrogen-bond acceptors (Lipinski definition) is 3. The Bertz CT molecular complexity index is 4210. The van der Waals surface area contributed by atoms with Crippen molar-refractivity contribution in [1.29, 1.82) is 0 Å². The third kappa shape index (κ3) is 7.49. The molecule has 352 valence electrons. The van der Waals surface area contributed by atoms with Crippen molar-refractivity contribution in [3.63, 3.8) is 0 Å². The first-order valence-electron chi connectivity index (χ1n) is 25.5. The maximum Gasteiger partial charge on any atom is 0.179 e. The summed E-state index contributed by atoms with van der Waals surface area (Å²) in [4.78, 5) is 14.9. The van der Waals surface area contributed by atoms with E-state index in [-0.39, 0.29) is 0 Å². The van der Waals surface area contributed by atoms with E-state index in [0.717, 1.165) is 50.2 Å². The van der Waals surface area contributed by atoms with Crippen LogP contribution in [0.15, 0.2) is 285 Å². The minimum Gasteiger partial charge on any atom is -0.309 e. The molecule has 6 heteroatoms. The van der Waals surface area contributed by atoms with Gasteiger partial charge in [-0.1, -0.05) is 218 Å². The van der Waals surface area contributed by atoms with Crippen molar-refractivity contribution in [2.75, 3.05) is 0 Å². The van der Waals surface area contributed by atoms with E-state index in [1.807, 2.05) is 60.7 Å². The molecule has 3 heterocycles. The third-order valence-corrected chi connectivity index (χ3v) is 19.7. The molecule has 0 fully saturated rings. The fourth-order valence-electron chi connectivity index (χ4n) is 11.5. The van der Waals surface area contributed by atoms with Crippen LogP contribution >= 0.6 is 0 Å². The fourth-order valence-corrected chi connectivity index (χ4v) is 16.2. The van der Waals surface area contributed by atoms with E-state index >= 15 is 0 Å². The molecule has 0 bridgehead atoms. The van der Waals surface area contributed by atoms with Crippen molar-refractivity contribution in [2.45, 2.75) is 0 Å². The van der Waals surface area contributed by atoms with E-state index < -0.39 is 8.07 Å². The highest BCUT2D eigenvalue weighted by Gasteiger charge is 2.41. The lowest BCUT2D eigenvalue weighted by Crippen LogP contribution is -2.74. The van der Waals surface area contributed by atoms with Gasteiger partial charge in [0.05, 0.1) is 22.1 Å². The molecule has 0 saturated heterocycles. The van der Waals surface area contributed by atoms with Gasteiger partial charge in [0.25, 0.3) is 0 Å². The maximum absolute atomic E-state index is 5.01. The molecule has 0 aliphatic rings. The summed E-state index contributed by atoms with van der Waals surface area (Å²) in [6.45, 7) is 0. The largest absolute Gasteiger partial charge is 0.309 e. The minimum absolute atomic E-state index is 0.630. The summed E-state index contributed by atoms with van der Waals surface area (Å²) in [6.07, 6.45) is 0. The smallest absolute Gasteiger partial charge is 0.179 e. The normalized spacial score (nSPS) is 11.7. The lowest BCUT2D eigenvalue weighted by Gasteiger charge is -2.34. The number of hydrogen-bond donors (Lipinski definition) is 0. The molecule has 75 heavy (non-hydrogen) atoms. The molecule has 3 aromatic heterocycles. The van der Waals surface area contributed by atoms with Gasteiger partial charge in [0.15, 0.2) is 25.5 Å². The second kappa shape index (κ2) is 18.4. The monoisotopic (exact) mass is 973 g/mol. The van der Waals surface area contributed by atoms with Gasteiger partial charge in [-0.15, -0.1) is 0 Å². The molecule has 0 unspecified atom stereocenters. The molecule has 0 aliphatic carbocycles. The molecular formula is C69H47N5Si. The van der Waals surface area contributed by atoms with Crippen LogP contribution in [0.4, 0.5) is 0 Å². The molecule has 0 aliphatic heterocycles. The predicted octanol–water partition coefficient (Wildman–Crippen LogP) is 14.1. The van der Waals surface area contributed by atoms with Crippen LogP contribution in [0.2, 0.25) is 0 Å². The summed E-state index contributed by atoms with van der Waals surface area (Å²) in [5.41, 5.74) is 12.0. The van der Waals surface area contributed by atoms with Crippen LogP contribution in [0.3, 0.4) is 0 Å². The molecular weight excluding hydrogens is 927 g/mol. The van der Waals surface area contributed by atoms with Crippen LogP contribution < -0.4 is 20.7 Å². The molecule has 14 rings (SSSR count). The number of fused-ring (bicyclic) bond motifs is 6. The Morgan fingerprint density at radius 3 is 1.07 bits per heavy atom. The van der Waals surface area contributed by atoms with Gasteiger partial charge in [-0.25, -0.2) is 15.0 Å². The minimum atomic E-state index is -2.68. The molecule has 0 spiro atoms. The zero-order valence-electron chi connectivity index (χ0n) is 40.9. The standard InChI is InChI=1S/C69H47N5Si/c1-6-20-48(21-7-1)67-70-68(49-22-8-2-9-23-49)72-69(71-67)50-34-38-53(39-35-50)74-63-32-18-16-30-59(63)61-44-36-52(47-66(61)74)51-37-45-65-62(46-51)60-31-17-19-33-64(60)73(65)54-40-42-58(43-41-54)75(55-24-10-3-11-25-55,56-26-12-4-13-27-56)57-28-14-5-15-29-57/h1-47H. The quantitative estimate of drug-likeness (QED) is 0.101. The summed E-state index contributed by atoms with van der Waals surface area (Å²) in [5.74, 6) is 1.92. The summed E-state index contributed by atoms with van der Waals surface area (Å²) >= 11 is 0. The van der Waals surface area contributed by atoms with Gasteiger partial charge in [0.1, 0.15) is 0 Å². The van der Waals surface area contributed by atoms with Gasteiger partial charge in [-0.2, -0.15) is 0 Å². The Hall–Kier alpha value is -9.75. The predicted molar refractivity (Wildman–Crippen MR) is 314 cm³/mol. The highest BCUT2D eigenvalue weighted by Crippen LogP contribution is 2.39. The highest BCUT2D eigenvalue weighted by atomic mass is 28.3. The summed E-state index contributed by atoms with van der Waals surface area (Å²) in [7, 11) is -2.68. The van der Waals surface area contributed by atoms with E-state index in [4.69, 9.17) is 15.0 Å². The van der Waals surface area contributed by atoms with E-state index in [2.05, 4.69) is 234 Å². The van der Waals surface area contributed by atoms with Crippen LogP contribution in [-0.4, -0.2) is 32.2 Å². The molecule has 0 amide bonds. The number of aromatic nitrogens is 5. The van der Waals surface area contributed by atoms with Crippen molar-refractivity contribution < 1.29 is 0 Å². The lowest BCUT2D eigenvalue weighted by molar-refractivity contribution is 1.07. The van der Waals surface area contributed by atoms with Crippen LogP contribution in [0.5, 0.6) is 0 Å². The average molecular weight is 974 g/mol. The Morgan fingerprint density at radius 2 is 0.560 bits per heavy atom. The zero-order valence-corrected chi connectivity index (χ0v) is 41.9. The Labute approximate surface area is 436 Å². The van der Waals surface area contributed by atoms with Gasteiger partial charge in [-0.05, 0) is 98.6 Å². The fraction of sp³-hybridized carbons (Fsp3) is 0. The first-order chi connectivity index (χ1) is 37.2. The van der Waals surface area contributed by atoms with E-state index in [0.29, 0.717) is 17.5 Å². The van der Waals surface area contributed by atoms with Gasteiger partial charge in [-0.3, -0.25) is 0 Å². The third-order valence-electron chi connectivity index (χ3n) is 14.9. The molecule has 5 nitrogen and oxygen atoms in total. The van der Waals surface area contributed by atoms with Crippen LogP contribution in [0.25, 0.3) is 100 Å². The van der Waals surface area contributed by atoms with Crippen LogP contribution in [0, 0.1) is 0 Å². The second-order valence-electron chi connectivity index (χ2n) is 19.1. The highest BCUT2D eigenvalue weighted by molar-refractivity contribution is 7.19. The summed E-state index contributed by atoms with van der Waals surface area (Å²) in [6, 6.07) is 103. The second-order valence-corrected chi connectivity index (χ2v) is 23.0. The summed E-state index contributed by atoms with van der Waals surface area (Å²) in [5, 5.41) is 10.3. The Kier molecular flexibility index (Phi) is 10.8. The SMILES string of the molecule is c1ccc(-c2nc(-c3ccccc3)nc(-c3ccc(-n4c5ccccc5c5ccc(-c6ccc7c(c6)c6ccccc6n7-c6ccc([Si](c7ccccc7)(c7ccccc7)c7ccccc7)cc6)cc54)cc3)n2)cc1. The molecule has 0 atom stereocenters. The van der Waals surface area contributed by atoms with E-state index in [1.165, 1.54) is 53.3 Å². The van der Waals surface area contributed by atoms with Crippen molar-refractivity contribution >= 4 is 72.4 Å². The van der Waals surface area contributed by atoms with Crippen molar-refractivity contribution in [3.05, 3.63) is 285 Å². The number of para-hydroxylation sites is 2. The first-order valence-corrected chi connectivity index (χ1v) is 27.5. The maximum atomic E-state index is 5.01. The summed E-state index contributed by atoms with van der Waals surface area (Å²) < 4.78 is 4.82. The van der Waals surface area contributed by atoms with Gasteiger partial charge < -0.3 is 9.13 Å². The average Bonchev–Trinajstić information content (AvgIpc) is 4.03. The molecule has 0 N–H and O–H groups in total. The molecule has 0 saturated carbocycles. The van der Waals surface area contributed by atoms with E-state index in [9.17, 15) is 0 Å². The molecule has 14 aromatic rings. The Morgan fingerprint density at radius 1 is 0.227 bits per heavy atom. The van der Waals surface area contributed by atoms with Crippen LogP contribution in [-0.2, 0) is 0 Å². The van der Waals surface area contributed by atoms with Crippen molar-refractivity contribution in [3.8, 4) is 56.7 Å². The first kappa shape index (κ1) is 44.0. The van der Waals surface area contributed by atoms with Gasteiger partial charge >= 0.3 is 0 Å². The van der Waals surface area contributed by atoms with Crippen molar-refractivity contribution in [2.24, 2.45) is 0 Å². The van der Waals surface area contributed by atoms with Gasteiger partial charge in [0.2, 0.25) is 0 Å². The topological polar surface area (TPSA) is 48.5 Å². The zero-order chi connectivity index (χ0) is 49.7. The lowest BCUT2D eigenvalue weighted by atomic mass is 10.0. The Balaban J connectivity index is 0.859. The molecule has 0 radical (unpaired) electrons. The molecule has 11 aromatic carbocycles. The van der Waals surface area contributed by atoms with Crippen molar-refractivity contribution in [1.82, 2.24) is 24.1 Å². The number of rotatable bonds is 10.